The zero-order valence-corrected chi connectivity index (χ0v) is 18.9. The Balaban J connectivity index is 1.56. The van der Waals surface area contributed by atoms with Gasteiger partial charge in [-0.1, -0.05) is 18.2 Å². The number of carbonyl (C=O) groups excluding carboxylic acids is 1. The quantitative estimate of drug-likeness (QED) is 0.355. The highest BCUT2D eigenvalue weighted by Crippen LogP contribution is 2.41. The number of para-hydroxylation sites is 1. The minimum Gasteiger partial charge on any atom is -0.508 e. The van der Waals surface area contributed by atoms with Gasteiger partial charge in [-0.15, -0.1) is 0 Å². The summed E-state index contributed by atoms with van der Waals surface area (Å²) in [7, 11) is 0. The summed E-state index contributed by atoms with van der Waals surface area (Å²) >= 11 is 0. The molecule has 0 unspecified atom stereocenters. The summed E-state index contributed by atoms with van der Waals surface area (Å²) in [5, 5.41) is 31.9. The monoisotopic (exact) mass is 461 g/mol. The highest BCUT2D eigenvalue weighted by atomic mass is 16.5. The number of fused-ring (bicyclic) bond motifs is 1. The smallest absolute Gasteiger partial charge is 0.312 e. The van der Waals surface area contributed by atoms with Gasteiger partial charge in [0.05, 0.1) is 0 Å². The first-order valence-electron chi connectivity index (χ1n) is 11.3. The van der Waals surface area contributed by atoms with Gasteiger partial charge in [-0.25, -0.2) is 0 Å². The van der Waals surface area contributed by atoms with Gasteiger partial charge >= 0.3 is 5.97 Å². The van der Waals surface area contributed by atoms with E-state index in [2.05, 4.69) is 5.32 Å². The Labute approximate surface area is 197 Å². The number of aromatic hydroxyl groups is 2. The average molecular weight is 462 g/mol. The molecule has 1 amide bonds. The minimum absolute atomic E-state index is 0.168. The molecule has 0 saturated carbocycles. The first kappa shape index (κ1) is 23.2. The Morgan fingerprint density at radius 1 is 0.941 bits per heavy atom. The van der Waals surface area contributed by atoms with E-state index in [-0.39, 0.29) is 11.5 Å². The predicted octanol–water partition coefficient (Wildman–Crippen LogP) is 4.89. The summed E-state index contributed by atoms with van der Waals surface area (Å²) < 4.78 is 6.28. The number of carboxylic acids is 1. The number of hydrogen-bond donors (Lipinski definition) is 4. The summed E-state index contributed by atoms with van der Waals surface area (Å²) in [6.07, 6.45) is 3.01. The topological polar surface area (TPSA) is 116 Å². The summed E-state index contributed by atoms with van der Waals surface area (Å²) in [4.78, 5) is 22.8. The van der Waals surface area contributed by atoms with E-state index in [1.54, 1.807) is 30.3 Å². The summed E-state index contributed by atoms with van der Waals surface area (Å²) in [6, 6.07) is 14.1. The van der Waals surface area contributed by atoms with Gasteiger partial charge in [-0.3, -0.25) is 9.59 Å². The molecular formula is C27H27NO6. The van der Waals surface area contributed by atoms with E-state index < -0.39 is 18.3 Å². The molecule has 7 heteroatoms. The van der Waals surface area contributed by atoms with Crippen LogP contribution < -0.4 is 10.1 Å². The number of anilines is 1. The Hall–Kier alpha value is -4.00. The molecule has 0 atom stereocenters. The van der Waals surface area contributed by atoms with Crippen LogP contribution in [0.1, 0.15) is 40.7 Å². The zero-order valence-electron chi connectivity index (χ0n) is 18.9. The zero-order chi connectivity index (χ0) is 24.2. The van der Waals surface area contributed by atoms with Crippen molar-refractivity contribution in [2.75, 3.05) is 5.32 Å². The lowest BCUT2D eigenvalue weighted by atomic mass is 10.0. The second-order valence-corrected chi connectivity index (χ2v) is 8.52. The van der Waals surface area contributed by atoms with Crippen molar-refractivity contribution in [1.82, 2.24) is 0 Å². The van der Waals surface area contributed by atoms with E-state index in [4.69, 9.17) is 9.84 Å². The van der Waals surface area contributed by atoms with Crippen LogP contribution in [0.2, 0.25) is 0 Å². The molecule has 0 heterocycles. The molecule has 3 aromatic carbocycles. The van der Waals surface area contributed by atoms with E-state index in [1.165, 1.54) is 0 Å². The van der Waals surface area contributed by atoms with Gasteiger partial charge in [0, 0.05) is 11.3 Å². The molecule has 4 N–H and O–H groups in total. The van der Waals surface area contributed by atoms with E-state index >= 15 is 0 Å². The molecule has 0 radical (unpaired) electrons. The molecule has 1 aliphatic rings. The number of benzene rings is 3. The molecule has 0 fully saturated rings. The third-order valence-electron chi connectivity index (χ3n) is 6.05. The van der Waals surface area contributed by atoms with Crippen LogP contribution in [0.5, 0.6) is 23.0 Å². The molecule has 34 heavy (non-hydrogen) atoms. The van der Waals surface area contributed by atoms with Gasteiger partial charge in [0.1, 0.15) is 29.4 Å². The lowest BCUT2D eigenvalue weighted by Crippen LogP contribution is -2.17. The SMILES string of the molecule is Cc1cc(NC(=O)CC(=O)O)c2c(c1Oc1ccc(O)c(CCc3ccccc3O)c1)CCC2. The lowest BCUT2D eigenvalue weighted by Gasteiger charge is -2.18. The van der Waals surface area contributed by atoms with Crippen LogP contribution in [0.25, 0.3) is 0 Å². The van der Waals surface area contributed by atoms with Gasteiger partial charge in [0.15, 0.2) is 0 Å². The van der Waals surface area contributed by atoms with Crippen LogP contribution in [0.4, 0.5) is 5.69 Å². The standard InChI is InChI=1S/C27H27NO6/c1-16-13-22(28-25(31)15-26(32)33)20-6-4-7-21(20)27(16)34-19-11-12-24(30)18(14-19)10-9-17-5-2-3-8-23(17)29/h2-3,5,8,11-14,29-30H,4,6-7,9-10,15H2,1H3,(H,28,31)(H,32,33). The van der Waals surface area contributed by atoms with E-state index in [0.717, 1.165) is 47.3 Å². The molecule has 1 aliphatic carbocycles. The molecule has 7 nitrogen and oxygen atoms in total. The fraction of sp³-hybridized carbons (Fsp3) is 0.259. The van der Waals surface area contributed by atoms with Crippen molar-refractivity contribution in [3.63, 3.8) is 0 Å². The van der Waals surface area contributed by atoms with E-state index in [9.17, 15) is 19.8 Å². The number of amides is 1. The number of hydrogen-bond acceptors (Lipinski definition) is 5. The minimum atomic E-state index is -1.17. The second-order valence-electron chi connectivity index (χ2n) is 8.52. The summed E-state index contributed by atoms with van der Waals surface area (Å²) in [5.41, 5.74) is 4.97. The predicted molar refractivity (Wildman–Crippen MR) is 128 cm³/mol. The number of phenolic OH excluding ortho intramolecular Hbond substituents is 2. The largest absolute Gasteiger partial charge is 0.508 e. The molecule has 176 valence electrons. The third kappa shape index (κ3) is 5.14. The van der Waals surface area contributed by atoms with Crippen molar-refractivity contribution in [1.29, 1.82) is 0 Å². The number of aliphatic carboxylic acids is 1. The molecular weight excluding hydrogens is 434 g/mol. The number of rotatable bonds is 8. The number of carboxylic acid groups (broad SMARTS) is 1. The number of aryl methyl sites for hydroxylation is 3. The van der Waals surface area contributed by atoms with Crippen LogP contribution >= 0.6 is 0 Å². The second kappa shape index (κ2) is 9.87. The van der Waals surface area contributed by atoms with Gasteiger partial charge in [-0.2, -0.15) is 0 Å². The first-order valence-corrected chi connectivity index (χ1v) is 11.3. The van der Waals surface area contributed by atoms with Crippen molar-refractivity contribution in [3.8, 4) is 23.0 Å². The molecule has 3 aromatic rings. The Bertz CT molecular complexity index is 1250. The fourth-order valence-corrected chi connectivity index (χ4v) is 4.42. The highest BCUT2D eigenvalue weighted by Gasteiger charge is 2.24. The highest BCUT2D eigenvalue weighted by molar-refractivity contribution is 6.02. The van der Waals surface area contributed by atoms with Crippen LogP contribution in [0.15, 0.2) is 48.5 Å². The summed E-state index contributed by atoms with van der Waals surface area (Å²) in [6.45, 7) is 1.89. The maximum atomic E-state index is 12.0. The van der Waals surface area contributed by atoms with Crippen molar-refractivity contribution < 1.29 is 29.6 Å². The average Bonchev–Trinajstić information content (AvgIpc) is 3.27. The third-order valence-corrected chi connectivity index (χ3v) is 6.05. The van der Waals surface area contributed by atoms with Crippen LogP contribution in [-0.4, -0.2) is 27.2 Å². The molecule has 4 rings (SSSR count). The molecule has 0 spiro atoms. The van der Waals surface area contributed by atoms with Crippen molar-refractivity contribution in [2.24, 2.45) is 0 Å². The number of carbonyl (C=O) groups is 2. The van der Waals surface area contributed by atoms with Gasteiger partial charge in [0.2, 0.25) is 5.91 Å². The van der Waals surface area contributed by atoms with Crippen molar-refractivity contribution in [3.05, 3.63) is 76.3 Å². The lowest BCUT2D eigenvalue weighted by molar-refractivity contribution is -0.139. The maximum absolute atomic E-state index is 12.0. The molecule has 0 saturated heterocycles. The Morgan fingerprint density at radius 2 is 1.65 bits per heavy atom. The molecule has 0 bridgehead atoms. The van der Waals surface area contributed by atoms with Crippen molar-refractivity contribution >= 4 is 17.6 Å². The van der Waals surface area contributed by atoms with Crippen LogP contribution in [-0.2, 0) is 35.3 Å². The van der Waals surface area contributed by atoms with E-state index in [1.807, 2.05) is 25.1 Å². The number of ether oxygens (including phenoxy) is 1. The van der Waals surface area contributed by atoms with Gasteiger partial charge in [-0.05, 0) is 91.6 Å². The normalized spacial score (nSPS) is 12.3. The first-order chi connectivity index (χ1) is 16.3. The summed E-state index contributed by atoms with van der Waals surface area (Å²) in [5.74, 6) is -0.0120. The van der Waals surface area contributed by atoms with Gasteiger partial charge < -0.3 is 25.4 Å². The van der Waals surface area contributed by atoms with Crippen molar-refractivity contribution in [2.45, 2.75) is 45.4 Å². The fourth-order valence-electron chi connectivity index (χ4n) is 4.42. The van der Waals surface area contributed by atoms with Gasteiger partial charge in [0.25, 0.3) is 0 Å². The number of phenols is 2. The maximum Gasteiger partial charge on any atom is 0.312 e. The Morgan fingerprint density at radius 3 is 2.41 bits per heavy atom. The molecule has 0 aliphatic heterocycles. The van der Waals surface area contributed by atoms with Crippen LogP contribution in [0, 0.1) is 6.92 Å². The van der Waals surface area contributed by atoms with Crippen LogP contribution in [0.3, 0.4) is 0 Å². The number of nitrogens with one attached hydrogen (secondary N) is 1. The molecule has 0 aromatic heterocycles. The van der Waals surface area contributed by atoms with E-state index in [0.29, 0.717) is 29.8 Å². The Kier molecular flexibility index (Phi) is 6.72.